The second-order valence-corrected chi connectivity index (χ2v) is 2.75. The van der Waals surface area contributed by atoms with Crippen LogP contribution in [0.3, 0.4) is 0 Å². The normalized spacial score (nSPS) is 19.2. The molecular weight excluding hydrogens is 160 g/mol. The van der Waals surface area contributed by atoms with Gasteiger partial charge < -0.3 is 10.0 Å². The fourth-order valence-corrected chi connectivity index (χ4v) is 1.19. The molecule has 0 aliphatic carbocycles. The lowest BCUT2D eigenvalue weighted by molar-refractivity contribution is -0.138. The van der Waals surface area contributed by atoms with Crippen LogP contribution in [0.2, 0.25) is 0 Å². The number of carbonyl (C=O) groups is 1. The Kier molecular flexibility index (Phi) is 3.04. The minimum absolute atomic E-state index is 0.0622. The van der Waals surface area contributed by atoms with E-state index in [1.165, 1.54) is 4.90 Å². The maximum Gasteiger partial charge on any atom is 0.317 e. The maximum absolute atomic E-state index is 10.3. The quantitative estimate of drug-likeness (QED) is 0.576. The van der Waals surface area contributed by atoms with Crippen molar-refractivity contribution in [2.24, 2.45) is 0 Å². The van der Waals surface area contributed by atoms with Gasteiger partial charge in [0.15, 0.2) is 0 Å². The van der Waals surface area contributed by atoms with Gasteiger partial charge in [-0.1, -0.05) is 0 Å². The second-order valence-electron chi connectivity index (χ2n) is 2.75. The largest absolute Gasteiger partial charge is 0.480 e. The van der Waals surface area contributed by atoms with Crippen LogP contribution in [0.4, 0.5) is 0 Å². The van der Waals surface area contributed by atoms with Crippen molar-refractivity contribution >= 4 is 12.4 Å². The summed E-state index contributed by atoms with van der Waals surface area (Å²) in [7, 11) is 0. The smallest absolute Gasteiger partial charge is 0.317 e. The zero-order valence-electron chi connectivity index (χ0n) is 6.69. The van der Waals surface area contributed by atoms with E-state index in [4.69, 9.17) is 5.11 Å². The molecule has 67 valence electrons. The van der Waals surface area contributed by atoms with Gasteiger partial charge in [0.2, 0.25) is 0 Å². The zero-order valence-corrected chi connectivity index (χ0v) is 6.69. The van der Waals surface area contributed by atoms with E-state index in [-0.39, 0.29) is 6.54 Å². The van der Waals surface area contributed by atoms with Gasteiger partial charge in [-0.05, 0) is 0 Å². The number of nitrogens with zero attached hydrogens (tertiary/aromatic N) is 2. The summed E-state index contributed by atoms with van der Waals surface area (Å²) in [4.78, 5) is 23.8. The molecule has 0 aromatic carbocycles. The van der Waals surface area contributed by atoms with E-state index < -0.39 is 5.97 Å². The topological polar surface area (TPSA) is 60.9 Å². The van der Waals surface area contributed by atoms with Crippen LogP contribution in [0.1, 0.15) is 0 Å². The Morgan fingerprint density at radius 3 is 2.33 bits per heavy atom. The van der Waals surface area contributed by atoms with Crippen molar-refractivity contribution in [3.8, 4) is 0 Å². The highest BCUT2D eigenvalue weighted by Gasteiger charge is 2.17. The Bertz CT molecular complexity index is 175. The standard InChI is InChI=1S/C7H11N2O3/c10-6-9-3-1-8(2-4-9)5-7(11)12/h1-5H2,(H,11,12). The summed E-state index contributed by atoms with van der Waals surface area (Å²) in [6.07, 6.45) is 1.79. The van der Waals surface area contributed by atoms with Crippen molar-refractivity contribution in [3.05, 3.63) is 0 Å². The predicted molar refractivity (Wildman–Crippen MR) is 41.3 cm³/mol. The molecule has 0 atom stereocenters. The Hall–Kier alpha value is -1.10. The molecule has 0 spiro atoms. The van der Waals surface area contributed by atoms with Crippen molar-refractivity contribution < 1.29 is 14.7 Å². The van der Waals surface area contributed by atoms with E-state index in [9.17, 15) is 9.59 Å². The number of aliphatic carboxylic acids is 1. The lowest BCUT2D eigenvalue weighted by atomic mass is 10.3. The highest BCUT2D eigenvalue weighted by Crippen LogP contribution is 1.97. The third-order valence-corrected chi connectivity index (χ3v) is 1.86. The average Bonchev–Trinajstić information content (AvgIpc) is 2.05. The second kappa shape index (κ2) is 4.06. The van der Waals surface area contributed by atoms with Crippen molar-refractivity contribution in [3.63, 3.8) is 0 Å². The summed E-state index contributed by atoms with van der Waals surface area (Å²) in [6.45, 7) is 2.48. The molecule has 0 unspecified atom stereocenters. The molecule has 0 aromatic heterocycles. The van der Waals surface area contributed by atoms with E-state index in [0.717, 1.165) is 0 Å². The SMILES string of the molecule is O=[C]N1CCN(CC(=O)O)CC1. The first-order valence-corrected chi connectivity index (χ1v) is 3.79. The van der Waals surface area contributed by atoms with Gasteiger partial charge >= 0.3 is 12.4 Å². The molecule has 1 heterocycles. The van der Waals surface area contributed by atoms with Crippen LogP contribution in [0.25, 0.3) is 0 Å². The van der Waals surface area contributed by atoms with E-state index in [1.807, 2.05) is 0 Å². The van der Waals surface area contributed by atoms with Gasteiger partial charge in [0.1, 0.15) is 0 Å². The molecule has 5 nitrogen and oxygen atoms in total. The van der Waals surface area contributed by atoms with E-state index >= 15 is 0 Å². The van der Waals surface area contributed by atoms with Crippen LogP contribution >= 0.6 is 0 Å². The van der Waals surface area contributed by atoms with Crippen LogP contribution < -0.4 is 0 Å². The average molecular weight is 171 g/mol. The van der Waals surface area contributed by atoms with E-state index in [1.54, 1.807) is 11.3 Å². The Labute approximate surface area is 70.6 Å². The fourth-order valence-electron chi connectivity index (χ4n) is 1.19. The molecule has 1 radical (unpaired) electrons. The summed E-state index contributed by atoms with van der Waals surface area (Å²) in [6, 6.07) is 0. The van der Waals surface area contributed by atoms with Gasteiger partial charge in [-0.2, -0.15) is 0 Å². The molecular formula is C7H11N2O3. The summed E-state index contributed by atoms with van der Waals surface area (Å²) < 4.78 is 0. The van der Waals surface area contributed by atoms with Crippen LogP contribution in [0, 0.1) is 0 Å². The van der Waals surface area contributed by atoms with Gasteiger partial charge in [0, 0.05) is 26.2 Å². The van der Waals surface area contributed by atoms with Gasteiger partial charge in [-0.25, -0.2) is 0 Å². The number of carbonyl (C=O) groups excluding carboxylic acids is 1. The molecule has 1 rings (SSSR count). The highest BCUT2D eigenvalue weighted by atomic mass is 16.4. The van der Waals surface area contributed by atoms with Crippen LogP contribution in [-0.4, -0.2) is 60.0 Å². The molecule has 1 N–H and O–H groups in total. The van der Waals surface area contributed by atoms with Crippen molar-refractivity contribution in [1.82, 2.24) is 9.80 Å². The number of hydrogen-bond acceptors (Lipinski definition) is 3. The molecule has 0 aromatic rings. The molecule has 1 aliphatic rings. The zero-order chi connectivity index (χ0) is 8.97. The maximum atomic E-state index is 10.3. The monoisotopic (exact) mass is 171 g/mol. The summed E-state index contributed by atoms with van der Waals surface area (Å²) in [5, 5.41) is 8.46. The van der Waals surface area contributed by atoms with Crippen molar-refractivity contribution in [2.45, 2.75) is 0 Å². The van der Waals surface area contributed by atoms with Crippen LogP contribution in [0.15, 0.2) is 0 Å². The van der Waals surface area contributed by atoms with Gasteiger partial charge in [-0.15, -0.1) is 0 Å². The number of carboxylic acids is 1. The van der Waals surface area contributed by atoms with E-state index in [2.05, 4.69) is 0 Å². The van der Waals surface area contributed by atoms with Crippen molar-refractivity contribution in [2.75, 3.05) is 32.7 Å². The summed E-state index contributed by atoms with van der Waals surface area (Å²) >= 11 is 0. The minimum Gasteiger partial charge on any atom is -0.480 e. The van der Waals surface area contributed by atoms with E-state index in [0.29, 0.717) is 26.2 Å². The van der Waals surface area contributed by atoms with Crippen LogP contribution in [0.5, 0.6) is 0 Å². The van der Waals surface area contributed by atoms with Gasteiger partial charge in [0.25, 0.3) is 0 Å². The first-order valence-electron chi connectivity index (χ1n) is 3.79. The van der Waals surface area contributed by atoms with Crippen molar-refractivity contribution in [1.29, 1.82) is 0 Å². The summed E-state index contributed by atoms with van der Waals surface area (Å²) in [5.74, 6) is -0.821. The molecule has 12 heavy (non-hydrogen) atoms. The number of amides is 1. The predicted octanol–water partition coefficient (Wildman–Crippen LogP) is -1.24. The Morgan fingerprint density at radius 2 is 1.92 bits per heavy atom. The first kappa shape index (κ1) is 8.99. The van der Waals surface area contributed by atoms with Gasteiger partial charge in [-0.3, -0.25) is 14.5 Å². The third-order valence-electron chi connectivity index (χ3n) is 1.86. The first-order chi connectivity index (χ1) is 5.72. The number of rotatable bonds is 3. The molecule has 5 heteroatoms. The lowest BCUT2D eigenvalue weighted by Gasteiger charge is -2.30. The van der Waals surface area contributed by atoms with Gasteiger partial charge in [0.05, 0.1) is 6.54 Å². The molecule has 1 aliphatic heterocycles. The number of piperazine rings is 1. The Morgan fingerprint density at radius 1 is 1.33 bits per heavy atom. The summed E-state index contributed by atoms with van der Waals surface area (Å²) in [5.41, 5.74) is 0. The number of hydrogen-bond donors (Lipinski definition) is 1. The Balaban J connectivity index is 2.26. The molecule has 1 saturated heterocycles. The highest BCUT2D eigenvalue weighted by molar-refractivity contribution is 5.69. The third kappa shape index (κ3) is 2.50. The molecule has 1 amide bonds. The molecule has 0 bridgehead atoms. The lowest BCUT2D eigenvalue weighted by Crippen LogP contribution is -2.47. The minimum atomic E-state index is -0.821. The molecule has 1 fully saturated rings. The van der Waals surface area contributed by atoms with Crippen LogP contribution in [-0.2, 0) is 9.59 Å². The fraction of sp³-hybridized carbons (Fsp3) is 0.714. The molecule has 0 saturated carbocycles. The number of carboxylic acid groups (broad SMARTS) is 1.